The highest BCUT2D eigenvalue weighted by molar-refractivity contribution is 5.78. The number of rotatable bonds is 13. The van der Waals surface area contributed by atoms with Crippen molar-refractivity contribution >= 4 is 5.97 Å². The molecule has 6 aliphatic rings. The van der Waals surface area contributed by atoms with Gasteiger partial charge < -0.3 is 15.2 Å². The number of hydrogen-bond acceptors (Lipinski definition) is 4. The molecule has 10 atom stereocenters. The van der Waals surface area contributed by atoms with Gasteiger partial charge in [0.25, 0.3) is 0 Å². The second-order valence-electron chi connectivity index (χ2n) is 21.9. The first-order chi connectivity index (χ1) is 27.0. The summed E-state index contributed by atoms with van der Waals surface area (Å²) in [4.78, 5) is 13.4. The zero-order valence-electron chi connectivity index (χ0n) is 37.2. The molecular weight excluding hydrogens is 706 g/mol. The van der Waals surface area contributed by atoms with E-state index < -0.39 is 23.7 Å². The molecule has 0 saturated heterocycles. The molecule has 0 aromatic heterocycles. The molecule has 0 amide bonds. The number of ether oxygens (including phenoxy) is 1. The van der Waals surface area contributed by atoms with Gasteiger partial charge in [-0.15, -0.1) is 6.58 Å². The highest BCUT2D eigenvalue weighted by Crippen LogP contribution is 2.76. The number of aliphatic hydroxyl groups is 1. The van der Waals surface area contributed by atoms with E-state index in [0.717, 1.165) is 50.6 Å². The zero-order chi connectivity index (χ0) is 41.1. The zero-order valence-corrected chi connectivity index (χ0v) is 37.2. The molecule has 1 aromatic rings. The van der Waals surface area contributed by atoms with Gasteiger partial charge in [0.05, 0.1) is 11.0 Å². The third-order valence-electron chi connectivity index (χ3n) is 19.0. The molecule has 0 heterocycles. The lowest BCUT2D eigenvalue weighted by Gasteiger charge is -2.72. The van der Waals surface area contributed by atoms with E-state index in [1.165, 1.54) is 68.1 Å². The number of nitrogens with one attached hydrogen (secondary N) is 1. The second-order valence-corrected chi connectivity index (χ2v) is 21.9. The lowest BCUT2D eigenvalue weighted by Crippen LogP contribution is -2.68. The van der Waals surface area contributed by atoms with Crippen LogP contribution in [0.25, 0.3) is 0 Å². The second kappa shape index (κ2) is 15.7. The Morgan fingerprint density at radius 2 is 1.65 bits per heavy atom. The van der Waals surface area contributed by atoms with Gasteiger partial charge in [-0.2, -0.15) is 0 Å². The Kier molecular flexibility index (Phi) is 11.8. The molecule has 1 aromatic carbocycles. The minimum absolute atomic E-state index is 0.00400. The summed E-state index contributed by atoms with van der Waals surface area (Å²) in [5.74, 6) is 2.90. The number of halogens is 1. The number of hydrogen-bond donors (Lipinski definition) is 2. The van der Waals surface area contributed by atoms with Crippen molar-refractivity contribution in [3.05, 3.63) is 71.3 Å². The Labute approximate surface area is 346 Å². The van der Waals surface area contributed by atoms with Crippen LogP contribution >= 0.6 is 0 Å². The van der Waals surface area contributed by atoms with Crippen LogP contribution in [0.5, 0.6) is 0 Å². The number of allylic oxidation sites excluding steroid dienone is 5. The molecule has 4 fully saturated rings. The molecule has 4 nitrogen and oxygen atoms in total. The van der Waals surface area contributed by atoms with Crippen LogP contribution in [0.4, 0.5) is 4.39 Å². The number of fused-ring (bicyclic) bond motifs is 7. The Hall–Kier alpha value is -2.24. The molecule has 5 heteroatoms. The van der Waals surface area contributed by atoms with Crippen LogP contribution in [0.2, 0.25) is 0 Å². The van der Waals surface area contributed by atoms with Crippen molar-refractivity contribution in [2.75, 3.05) is 13.2 Å². The average molecular weight is 784 g/mol. The molecule has 7 rings (SSSR count). The van der Waals surface area contributed by atoms with Crippen LogP contribution in [0.1, 0.15) is 164 Å². The largest absolute Gasteiger partial charge is 0.460 e. The molecule has 57 heavy (non-hydrogen) atoms. The van der Waals surface area contributed by atoms with E-state index in [1.54, 1.807) is 0 Å². The third kappa shape index (κ3) is 7.07. The molecule has 0 radical (unpaired) electrons. The summed E-state index contributed by atoms with van der Waals surface area (Å²) in [6, 6.07) is 9.70. The molecule has 316 valence electrons. The van der Waals surface area contributed by atoms with Crippen molar-refractivity contribution < 1.29 is 19.0 Å². The van der Waals surface area contributed by atoms with Crippen molar-refractivity contribution in [2.45, 2.75) is 176 Å². The van der Waals surface area contributed by atoms with Gasteiger partial charge in [0, 0.05) is 5.54 Å². The van der Waals surface area contributed by atoms with E-state index in [4.69, 9.17) is 4.74 Å². The molecule has 4 saturated carbocycles. The number of alkyl halides is 1. The van der Waals surface area contributed by atoms with Crippen molar-refractivity contribution in [3.8, 4) is 0 Å². The molecule has 10 unspecified atom stereocenters. The van der Waals surface area contributed by atoms with Gasteiger partial charge in [-0.25, -0.2) is 4.39 Å². The highest BCUT2D eigenvalue weighted by Gasteiger charge is 2.70. The van der Waals surface area contributed by atoms with Crippen LogP contribution in [0.15, 0.2) is 65.8 Å². The van der Waals surface area contributed by atoms with Gasteiger partial charge in [0.15, 0.2) is 0 Å². The van der Waals surface area contributed by atoms with E-state index in [0.29, 0.717) is 42.4 Å². The van der Waals surface area contributed by atoms with Crippen molar-refractivity contribution in [1.82, 2.24) is 5.32 Å². The Morgan fingerprint density at radius 1 is 0.912 bits per heavy atom. The SMILES string of the molecule is C=C(C)CC1CCC2(NCCC(O)(CC)CC)CCC3(C)C(CCC4C5(C)CC=C(C6=CCC(CF)(C(=O)OCc7ccccc7)CC6)C(C)(C)C5CCC43C)C12. The number of carbonyl (C=O) groups is 1. The lowest BCUT2D eigenvalue weighted by molar-refractivity contribution is -0.222. The minimum atomic E-state index is -1.09. The lowest BCUT2D eigenvalue weighted by atomic mass is 9.33. The molecule has 0 aliphatic heterocycles. The maximum absolute atomic E-state index is 14.8. The van der Waals surface area contributed by atoms with Gasteiger partial charge >= 0.3 is 5.97 Å². The topological polar surface area (TPSA) is 58.6 Å². The third-order valence-corrected chi connectivity index (χ3v) is 19.0. The van der Waals surface area contributed by atoms with Crippen LogP contribution in [0, 0.1) is 56.7 Å². The van der Waals surface area contributed by atoms with E-state index in [-0.39, 0.29) is 33.8 Å². The monoisotopic (exact) mass is 784 g/mol. The molecular formula is C52H78FNO3. The summed E-state index contributed by atoms with van der Waals surface area (Å²) in [5, 5.41) is 15.5. The molecule has 0 spiro atoms. The maximum Gasteiger partial charge on any atom is 0.315 e. The van der Waals surface area contributed by atoms with Gasteiger partial charge in [0.1, 0.15) is 13.3 Å². The fraction of sp³-hybridized carbons (Fsp3) is 0.750. The number of esters is 1. The van der Waals surface area contributed by atoms with Crippen molar-refractivity contribution in [3.63, 3.8) is 0 Å². The molecule has 2 N–H and O–H groups in total. The van der Waals surface area contributed by atoms with Crippen LogP contribution < -0.4 is 5.32 Å². The van der Waals surface area contributed by atoms with E-state index in [9.17, 15) is 14.3 Å². The first kappa shape index (κ1) is 42.9. The average Bonchev–Trinajstić information content (AvgIpc) is 3.54. The van der Waals surface area contributed by atoms with Gasteiger partial charge in [-0.3, -0.25) is 4.79 Å². The summed E-state index contributed by atoms with van der Waals surface area (Å²) < 4.78 is 20.5. The predicted octanol–water partition coefficient (Wildman–Crippen LogP) is 12.7. The fourth-order valence-electron chi connectivity index (χ4n) is 15.4. The predicted molar refractivity (Wildman–Crippen MR) is 232 cm³/mol. The normalized spacial score (nSPS) is 39.8. The van der Waals surface area contributed by atoms with Crippen LogP contribution in [0.3, 0.4) is 0 Å². The fourth-order valence-corrected chi connectivity index (χ4v) is 15.4. The maximum atomic E-state index is 14.8. The molecule has 0 bridgehead atoms. The first-order valence-corrected chi connectivity index (χ1v) is 23.3. The minimum Gasteiger partial charge on any atom is -0.460 e. The molecule has 6 aliphatic carbocycles. The summed E-state index contributed by atoms with van der Waals surface area (Å²) in [6.07, 6.45) is 21.4. The van der Waals surface area contributed by atoms with Crippen molar-refractivity contribution in [2.24, 2.45) is 56.7 Å². The first-order valence-electron chi connectivity index (χ1n) is 23.3. The smallest absolute Gasteiger partial charge is 0.315 e. The van der Waals surface area contributed by atoms with Crippen molar-refractivity contribution in [1.29, 1.82) is 0 Å². The van der Waals surface area contributed by atoms with E-state index in [1.807, 2.05) is 30.3 Å². The Morgan fingerprint density at radius 3 is 2.30 bits per heavy atom. The summed E-state index contributed by atoms with van der Waals surface area (Å²) in [5.41, 5.74) is 4.37. The van der Waals surface area contributed by atoms with E-state index >= 15 is 0 Å². The van der Waals surface area contributed by atoms with Gasteiger partial charge in [0.2, 0.25) is 0 Å². The van der Waals surface area contributed by atoms with Crippen LogP contribution in [-0.2, 0) is 16.1 Å². The Bertz CT molecular complexity index is 1710. The van der Waals surface area contributed by atoms with Crippen LogP contribution in [-0.4, -0.2) is 35.4 Å². The summed E-state index contributed by atoms with van der Waals surface area (Å²) in [7, 11) is 0. The van der Waals surface area contributed by atoms with E-state index in [2.05, 4.69) is 79.4 Å². The highest BCUT2D eigenvalue weighted by atomic mass is 19.1. The van der Waals surface area contributed by atoms with Gasteiger partial charge in [-0.1, -0.05) is 96.5 Å². The van der Waals surface area contributed by atoms with Gasteiger partial charge in [-0.05, 0) is 184 Å². The number of benzene rings is 1. The number of carbonyl (C=O) groups excluding carboxylic acids is 1. The quantitative estimate of drug-likeness (QED) is 0.155. The summed E-state index contributed by atoms with van der Waals surface area (Å²) >= 11 is 0. The summed E-state index contributed by atoms with van der Waals surface area (Å²) in [6.45, 7) is 24.5. The standard InChI is InChI=1S/C52H78FNO3/c1-10-51(56,11-2)31-32-54-52-28-21-39(33-36(3)4)44(52)41-17-18-43-47(7)24-22-40(46(5,6)42(47)23-25-49(43,9)48(41,8)29-30-52)38-19-26-50(35-53,27-20-38)45(55)57-34-37-15-13-12-14-16-37/h12-16,19,22,39,41-44,54,56H,3,10-11,17-18,20-21,23-35H2,1-2,4-9H3. The Balaban J connectivity index is 1.11.